The number of rotatable bonds is 6. The molecule has 0 aromatic heterocycles. The molecule has 1 aliphatic heterocycles. The van der Waals surface area contributed by atoms with Crippen molar-refractivity contribution in [2.45, 2.75) is 26.0 Å². The predicted octanol–water partition coefficient (Wildman–Crippen LogP) is 2.07. The average molecular weight is 284 g/mol. The number of ether oxygens (including phenoxy) is 1. The van der Waals surface area contributed by atoms with Crippen molar-refractivity contribution in [1.29, 1.82) is 0 Å². The van der Waals surface area contributed by atoms with Gasteiger partial charge in [-0.05, 0) is 32.0 Å². The lowest BCUT2D eigenvalue weighted by molar-refractivity contribution is -0.123. The Labute approximate surface area is 116 Å². The van der Waals surface area contributed by atoms with Crippen molar-refractivity contribution >= 4 is 5.91 Å². The number of para-hydroxylation sites is 1. The van der Waals surface area contributed by atoms with Crippen LogP contribution in [0.2, 0.25) is 0 Å². The van der Waals surface area contributed by atoms with E-state index < -0.39 is 6.61 Å². The van der Waals surface area contributed by atoms with Gasteiger partial charge in [-0.3, -0.25) is 4.79 Å². The fraction of sp³-hybridized carbons (Fsp3) is 0.500. The van der Waals surface area contributed by atoms with Crippen LogP contribution in [0.4, 0.5) is 8.78 Å². The number of amides is 1. The van der Waals surface area contributed by atoms with Gasteiger partial charge in [-0.15, -0.1) is 0 Å². The standard InChI is InChI=1S/C14H18F2N2O2/c1-9(18-13(19)6-10-7-17-8-10)11-4-2-3-5-12(11)20-14(15)16/h2-5,9-10,14,17H,6-8H2,1H3,(H,18,19). The van der Waals surface area contributed by atoms with Crippen LogP contribution >= 0.6 is 0 Å². The van der Waals surface area contributed by atoms with Gasteiger partial charge in [-0.25, -0.2) is 0 Å². The summed E-state index contributed by atoms with van der Waals surface area (Å²) in [6.45, 7) is 0.588. The molecule has 110 valence electrons. The molecule has 0 spiro atoms. The van der Waals surface area contributed by atoms with Crippen LogP contribution in [0.15, 0.2) is 24.3 Å². The third-order valence-corrected chi connectivity index (χ3v) is 3.32. The van der Waals surface area contributed by atoms with Crippen LogP contribution in [0.25, 0.3) is 0 Å². The zero-order valence-corrected chi connectivity index (χ0v) is 11.2. The first-order valence-electron chi connectivity index (χ1n) is 6.60. The highest BCUT2D eigenvalue weighted by Crippen LogP contribution is 2.26. The maximum atomic E-state index is 12.3. The van der Waals surface area contributed by atoms with Gasteiger partial charge in [-0.1, -0.05) is 18.2 Å². The van der Waals surface area contributed by atoms with Crippen LogP contribution < -0.4 is 15.4 Å². The van der Waals surface area contributed by atoms with Gasteiger partial charge >= 0.3 is 6.61 Å². The van der Waals surface area contributed by atoms with Gasteiger partial charge in [0.15, 0.2) is 0 Å². The van der Waals surface area contributed by atoms with E-state index in [0.717, 1.165) is 13.1 Å². The third kappa shape index (κ3) is 3.90. The van der Waals surface area contributed by atoms with E-state index in [4.69, 9.17) is 0 Å². The van der Waals surface area contributed by atoms with E-state index in [1.807, 2.05) is 0 Å². The van der Waals surface area contributed by atoms with Crippen LogP contribution in [0.3, 0.4) is 0 Å². The second-order valence-electron chi connectivity index (χ2n) is 4.93. The minimum absolute atomic E-state index is 0.0733. The van der Waals surface area contributed by atoms with Crippen LogP contribution in [-0.4, -0.2) is 25.6 Å². The minimum atomic E-state index is -2.87. The van der Waals surface area contributed by atoms with E-state index in [2.05, 4.69) is 15.4 Å². The molecule has 1 aliphatic rings. The van der Waals surface area contributed by atoms with E-state index >= 15 is 0 Å². The average Bonchev–Trinajstić information content (AvgIpc) is 2.33. The second-order valence-corrected chi connectivity index (χ2v) is 4.93. The molecule has 0 bridgehead atoms. The van der Waals surface area contributed by atoms with Crippen molar-refractivity contribution in [1.82, 2.24) is 10.6 Å². The second kappa shape index (κ2) is 6.65. The molecular weight excluding hydrogens is 266 g/mol. The van der Waals surface area contributed by atoms with Crippen molar-refractivity contribution in [3.05, 3.63) is 29.8 Å². The molecule has 2 rings (SSSR count). The maximum absolute atomic E-state index is 12.3. The Hall–Kier alpha value is -1.69. The monoisotopic (exact) mass is 284 g/mol. The highest BCUT2D eigenvalue weighted by molar-refractivity contribution is 5.77. The highest BCUT2D eigenvalue weighted by atomic mass is 19.3. The molecule has 20 heavy (non-hydrogen) atoms. The summed E-state index contributed by atoms with van der Waals surface area (Å²) < 4.78 is 29.1. The van der Waals surface area contributed by atoms with E-state index in [1.165, 1.54) is 6.07 Å². The molecule has 2 N–H and O–H groups in total. The Morgan fingerprint density at radius 1 is 1.45 bits per heavy atom. The van der Waals surface area contributed by atoms with Gasteiger partial charge in [0, 0.05) is 12.0 Å². The molecule has 1 aromatic carbocycles. The summed E-state index contributed by atoms with van der Waals surface area (Å²) in [4.78, 5) is 11.8. The van der Waals surface area contributed by atoms with Crippen molar-refractivity contribution in [2.24, 2.45) is 5.92 Å². The van der Waals surface area contributed by atoms with Crippen molar-refractivity contribution < 1.29 is 18.3 Å². The lowest BCUT2D eigenvalue weighted by Gasteiger charge is -2.27. The maximum Gasteiger partial charge on any atom is 0.387 e. The quantitative estimate of drug-likeness (QED) is 0.841. The SMILES string of the molecule is CC(NC(=O)CC1CNC1)c1ccccc1OC(F)F. The first-order chi connectivity index (χ1) is 9.56. The van der Waals surface area contributed by atoms with E-state index in [0.29, 0.717) is 17.9 Å². The Morgan fingerprint density at radius 3 is 2.75 bits per heavy atom. The van der Waals surface area contributed by atoms with Gasteiger partial charge in [0.05, 0.1) is 6.04 Å². The summed E-state index contributed by atoms with van der Waals surface area (Å²) in [6.07, 6.45) is 0.454. The molecule has 0 aliphatic carbocycles. The van der Waals surface area contributed by atoms with Gasteiger partial charge < -0.3 is 15.4 Å². The molecule has 6 heteroatoms. The summed E-state index contributed by atoms with van der Waals surface area (Å²) >= 11 is 0. The minimum Gasteiger partial charge on any atom is -0.434 e. The molecule has 4 nitrogen and oxygen atoms in total. The number of carbonyl (C=O) groups excluding carboxylic acids is 1. The smallest absolute Gasteiger partial charge is 0.387 e. The molecule has 1 atom stereocenters. The van der Waals surface area contributed by atoms with Gasteiger partial charge in [-0.2, -0.15) is 8.78 Å². The molecule has 1 unspecified atom stereocenters. The van der Waals surface area contributed by atoms with Crippen molar-refractivity contribution in [2.75, 3.05) is 13.1 Å². The number of alkyl halides is 2. The number of benzene rings is 1. The number of halogens is 2. The van der Waals surface area contributed by atoms with Gasteiger partial charge in [0.1, 0.15) is 5.75 Å². The lowest BCUT2D eigenvalue weighted by atomic mass is 9.98. The van der Waals surface area contributed by atoms with Crippen LogP contribution in [0.1, 0.15) is 24.9 Å². The fourth-order valence-electron chi connectivity index (χ4n) is 2.17. The predicted molar refractivity (Wildman–Crippen MR) is 70.6 cm³/mol. The number of carbonyl (C=O) groups is 1. The summed E-state index contributed by atoms with van der Waals surface area (Å²) in [5.41, 5.74) is 0.549. The number of hydrogen-bond donors (Lipinski definition) is 2. The van der Waals surface area contributed by atoms with Crippen molar-refractivity contribution in [3.8, 4) is 5.75 Å². The van der Waals surface area contributed by atoms with E-state index in [9.17, 15) is 13.6 Å². The normalized spacial score (nSPS) is 16.6. The van der Waals surface area contributed by atoms with Gasteiger partial charge in [0.2, 0.25) is 5.91 Å². The Morgan fingerprint density at radius 2 is 2.15 bits per heavy atom. The molecule has 1 amide bonds. The summed E-state index contributed by atoms with van der Waals surface area (Å²) in [6, 6.07) is 6.13. The first-order valence-corrected chi connectivity index (χ1v) is 6.60. The molecular formula is C14H18F2N2O2. The highest BCUT2D eigenvalue weighted by Gasteiger charge is 2.22. The molecule has 1 saturated heterocycles. The lowest BCUT2D eigenvalue weighted by Crippen LogP contribution is -2.44. The Balaban J connectivity index is 1.96. The van der Waals surface area contributed by atoms with E-state index in [1.54, 1.807) is 25.1 Å². The largest absolute Gasteiger partial charge is 0.434 e. The Kier molecular flexibility index (Phi) is 4.89. The van der Waals surface area contributed by atoms with Gasteiger partial charge in [0.25, 0.3) is 0 Å². The van der Waals surface area contributed by atoms with E-state index in [-0.39, 0.29) is 17.7 Å². The van der Waals surface area contributed by atoms with Crippen molar-refractivity contribution in [3.63, 3.8) is 0 Å². The zero-order chi connectivity index (χ0) is 14.5. The zero-order valence-electron chi connectivity index (χ0n) is 11.2. The summed E-state index contributed by atoms with van der Waals surface area (Å²) in [5, 5.41) is 5.92. The van der Waals surface area contributed by atoms with Crippen LogP contribution in [-0.2, 0) is 4.79 Å². The topological polar surface area (TPSA) is 50.4 Å². The summed E-state index contributed by atoms with van der Waals surface area (Å²) in [5.74, 6) is 0.395. The van der Waals surface area contributed by atoms with Crippen LogP contribution in [0.5, 0.6) is 5.75 Å². The molecule has 0 saturated carbocycles. The Bertz CT molecular complexity index is 464. The number of nitrogens with one attached hydrogen (secondary N) is 2. The third-order valence-electron chi connectivity index (χ3n) is 3.32. The molecule has 1 aromatic rings. The molecule has 1 fully saturated rings. The van der Waals surface area contributed by atoms with Crippen LogP contribution in [0, 0.1) is 5.92 Å². The molecule has 1 heterocycles. The molecule has 0 radical (unpaired) electrons. The summed E-state index contributed by atoms with van der Waals surface area (Å²) in [7, 11) is 0. The fourth-order valence-corrected chi connectivity index (χ4v) is 2.17. The first kappa shape index (κ1) is 14.7. The number of hydrogen-bond acceptors (Lipinski definition) is 3.